The Morgan fingerprint density at radius 1 is 1.00 bits per heavy atom. The number of methoxy groups -OCH3 is 1. The topological polar surface area (TPSA) is 50.4 Å². The highest BCUT2D eigenvalue weighted by molar-refractivity contribution is 7.21. The van der Waals surface area contributed by atoms with E-state index in [2.05, 4.69) is 22.8 Å². The monoisotopic (exact) mass is 390 g/mol. The predicted octanol–water partition coefficient (Wildman–Crippen LogP) is 3.89. The number of ether oxygens (including phenoxy) is 1. The molecule has 4 nitrogen and oxygen atoms in total. The minimum Gasteiger partial charge on any atom is -0.494 e. The third-order valence-electron chi connectivity index (χ3n) is 3.98. The molecule has 3 rings (SSSR count). The van der Waals surface area contributed by atoms with Gasteiger partial charge < -0.3 is 15.4 Å². The van der Waals surface area contributed by atoms with Gasteiger partial charge in [0.1, 0.15) is 10.6 Å². The van der Waals surface area contributed by atoms with E-state index in [0.29, 0.717) is 17.2 Å². The maximum Gasteiger partial charge on any atom is 0.265 e. The van der Waals surface area contributed by atoms with Gasteiger partial charge in [-0.05, 0) is 30.7 Å². The molecule has 0 fully saturated rings. The van der Waals surface area contributed by atoms with E-state index in [1.165, 1.54) is 16.9 Å². The Balaban J connectivity index is 0.00000243. The van der Waals surface area contributed by atoms with E-state index in [0.717, 1.165) is 29.6 Å². The van der Waals surface area contributed by atoms with Gasteiger partial charge in [-0.1, -0.05) is 42.5 Å². The van der Waals surface area contributed by atoms with Gasteiger partial charge in [0.2, 0.25) is 0 Å². The first-order valence-corrected chi connectivity index (χ1v) is 9.19. The number of amides is 1. The first kappa shape index (κ1) is 20.2. The van der Waals surface area contributed by atoms with Crippen LogP contribution in [-0.2, 0) is 6.42 Å². The summed E-state index contributed by atoms with van der Waals surface area (Å²) in [7, 11) is 1.61. The summed E-state index contributed by atoms with van der Waals surface area (Å²) in [6, 6.07) is 18.3. The summed E-state index contributed by atoms with van der Waals surface area (Å²) in [4.78, 5) is 13.1. The Kier molecular flexibility index (Phi) is 7.91. The predicted molar refractivity (Wildman–Crippen MR) is 111 cm³/mol. The molecule has 0 unspecified atom stereocenters. The molecule has 0 aliphatic carbocycles. The lowest BCUT2D eigenvalue weighted by Crippen LogP contribution is -2.32. The molecule has 1 aromatic heterocycles. The molecule has 0 aliphatic rings. The second-order valence-electron chi connectivity index (χ2n) is 5.70. The fourth-order valence-corrected chi connectivity index (χ4v) is 3.81. The molecule has 1 heterocycles. The fraction of sp³-hybridized carbons (Fsp3) is 0.250. The second kappa shape index (κ2) is 10.2. The third-order valence-corrected chi connectivity index (χ3v) is 5.13. The number of benzene rings is 2. The summed E-state index contributed by atoms with van der Waals surface area (Å²) in [5.41, 5.74) is 1.31. The minimum atomic E-state index is -0.0806. The average Bonchev–Trinajstić information content (AvgIpc) is 3.04. The summed E-state index contributed by atoms with van der Waals surface area (Å²) in [6.45, 7) is 2.23. The fourth-order valence-electron chi connectivity index (χ4n) is 2.72. The number of thiophene rings is 1. The van der Waals surface area contributed by atoms with Crippen molar-refractivity contribution < 1.29 is 9.53 Å². The van der Waals surface area contributed by atoms with E-state index >= 15 is 0 Å². The molecule has 0 spiro atoms. The van der Waals surface area contributed by atoms with Crippen molar-refractivity contribution in [2.75, 3.05) is 26.7 Å². The lowest BCUT2D eigenvalue weighted by Gasteiger charge is -2.07. The van der Waals surface area contributed by atoms with E-state index in [9.17, 15) is 4.79 Å². The van der Waals surface area contributed by atoms with Gasteiger partial charge in [-0.25, -0.2) is 0 Å². The largest absolute Gasteiger partial charge is 0.494 e. The lowest BCUT2D eigenvalue weighted by molar-refractivity contribution is 0.0955. The van der Waals surface area contributed by atoms with Gasteiger partial charge in [0.05, 0.1) is 7.11 Å². The Morgan fingerprint density at radius 2 is 1.73 bits per heavy atom. The Bertz CT molecular complexity index is 836. The number of hydrogen-bond donors (Lipinski definition) is 2. The van der Waals surface area contributed by atoms with E-state index in [1.807, 2.05) is 42.5 Å². The summed E-state index contributed by atoms with van der Waals surface area (Å²) in [6.07, 6.45) is 0.985. The van der Waals surface area contributed by atoms with Crippen LogP contribution in [-0.4, -0.2) is 32.7 Å². The van der Waals surface area contributed by atoms with Crippen LogP contribution < -0.4 is 15.4 Å². The zero-order valence-corrected chi connectivity index (χ0v) is 16.3. The zero-order valence-electron chi connectivity index (χ0n) is 14.7. The minimum absolute atomic E-state index is 0. The van der Waals surface area contributed by atoms with E-state index < -0.39 is 0 Å². The van der Waals surface area contributed by atoms with Gasteiger partial charge in [0.15, 0.2) is 0 Å². The molecular weight excluding hydrogens is 368 g/mol. The number of rotatable bonds is 8. The van der Waals surface area contributed by atoms with Crippen molar-refractivity contribution in [2.45, 2.75) is 6.42 Å². The van der Waals surface area contributed by atoms with Gasteiger partial charge in [0.25, 0.3) is 5.91 Å². The molecule has 0 radical (unpaired) electrons. The van der Waals surface area contributed by atoms with Crippen LogP contribution in [0.25, 0.3) is 10.1 Å². The number of fused-ring (bicyclic) bond motifs is 1. The Labute approximate surface area is 164 Å². The number of hydrogen-bond acceptors (Lipinski definition) is 4. The molecule has 2 aromatic carbocycles. The highest BCUT2D eigenvalue weighted by Crippen LogP contribution is 2.37. The van der Waals surface area contributed by atoms with Crippen LogP contribution in [0.3, 0.4) is 0 Å². The molecule has 3 aromatic rings. The molecule has 26 heavy (non-hydrogen) atoms. The molecule has 2 N–H and O–H groups in total. The van der Waals surface area contributed by atoms with Crippen molar-refractivity contribution in [2.24, 2.45) is 0 Å². The zero-order chi connectivity index (χ0) is 17.5. The van der Waals surface area contributed by atoms with Crippen LogP contribution in [0.4, 0.5) is 0 Å². The molecule has 1 amide bonds. The van der Waals surface area contributed by atoms with Crippen LogP contribution in [0.2, 0.25) is 0 Å². The normalized spacial score (nSPS) is 10.3. The van der Waals surface area contributed by atoms with Crippen molar-refractivity contribution in [3.05, 3.63) is 65.0 Å². The van der Waals surface area contributed by atoms with E-state index in [-0.39, 0.29) is 18.3 Å². The van der Waals surface area contributed by atoms with Crippen LogP contribution in [0.1, 0.15) is 15.2 Å². The van der Waals surface area contributed by atoms with Gasteiger partial charge in [0, 0.05) is 23.2 Å². The average molecular weight is 391 g/mol. The number of carbonyl (C=O) groups is 1. The molecule has 0 aliphatic heterocycles. The second-order valence-corrected chi connectivity index (χ2v) is 6.75. The summed E-state index contributed by atoms with van der Waals surface area (Å²) < 4.78 is 6.51. The quantitative estimate of drug-likeness (QED) is 0.573. The smallest absolute Gasteiger partial charge is 0.265 e. The molecule has 0 atom stereocenters. The van der Waals surface area contributed by atoms with Gasteiger partial charge in [-0.3, -0.25) is 4.79 Å². The maximum atomic E-state index is 12.4. The summed E-state index contributed by atoms with van der Waals surface area (Å²) in [5.74, 6) is 0.582. The lowest BCUT2D eigenvalue weighted by atomic mass is 10.1. The van der Waals surface area contributed by atoms with Crippen molar-refractivity contribution in [3.63, 3.8) is 0 Å². The van der Waals surface area contributed by atoms with E-state index in [1.54, 1.807) is 7.11 Å². The molecule has 6 heteroatoms. The standard InChI is InChI=1S/C20H22N2O2S.ClH/c1-24-18-16-9-5-6-10-17(16)25-19(18)20(23)22-14-13-21-12-11-15-7-3-2-4-8-15;/h2-10,21H,11-14H2,1H3,(H,22,23);1H. The van der Waals surface area contributed by atoms with E-state index in [4.69, 9.17) is 4.74 Å². The molecular formula is C20H23ClN2O2S. The first-order chi connectivity index (χ1) is 12.3. The van der Waals surface area contributed by atoms with Crippen molar-refractivity contribution >= 4 is 39.7 Å². The molecule has 138 valence electrons. The van der Waals surface area contributed by atoms with Crippen LogP contribution in [0, 0.1) is 0 Å². The van der Waals surface area contributed by atoms with Crippen LogP contribution in [0.15, 0.2) is 54.6 Å². The number of halogens is 1. The first-order valence-electron chi connectivity index (χ1n) is 8.38. The van der Waals surface area contributed by atoms with Gasteiger partial charge in [-0.15, -0.1) is 23.7 Å². The number of nitrogens with one attached hydrogen (secondary N) is 2. The van der Waals surface area contributed by atoms with Gasteiger partial charge >= 0.3 is 0 Å². The summed E-state index contributed by atoms with van der Waals surface area (Å²) in [5, 5.41) is 7.30. The maximum absolute atomic E-state index is 12.4. The SMILES string of the molecule is COc1c(C(=O)NCCNCCc2ccccc2)sc2ccccc12.Cl. The van der Waals surface area contributed by atoms with Gasteiger partial charge in [-0.2, -0.15) is 0 Å². The highest BCUT2D eigenvalue weighted by Gasteiger charge is 2.18. The van der Waals surface area contributed by atoms with Crippen molar-refractivity contribution in [1.82, 2.24) is 10.6 Å². The highest BCUT2D eigenvalue weighted by atomic mass is 35.5. The Hall–Kier alpha value is -2.08. The molecule has 0 saturated heterocycles. The number of carbonyl (C=O) groups excluding carboxylic acids is 1. The molecule has 0 saturated carbocycles. The van der Waals surface area contributed by atoms with Crippen molar-refractivity contribution in [1.29, 1.82) is 0 Å². The summed E-state index contributed by atoms with van der Waals surface area (Å²) >= 11 is 1.46. The molecule has 0 bridgehead atoms. The van der Waals surface area contributed by atoms with Crippen LogP contribution >= 0.6 is 23.7 Å². The van der Waals surface area contributed by atoms with Crippen LogP contribution in [0.5, 0.6) is 5.75 Å². The van der Waals surface area contributed by atoms with Crippen molar-refractivity contribution in [3.8, 4) is 5.75 Å². The third kappa shape index (κ3) is 4.97. The Morgan fingerprint density at radius 3 is 2.50 bits per heavy atom.